The van der Waals surface area contributed by atoms with E-state index >= 15 is 0 Å². The van der Waals surface area contributed by atoms with Gasteiger partial charge in [-0.25, -0.2) is 0 Å². The van der Waals surface area contributed by atoms with Gasteiger partial charge in [0, 0.05) is 25.3 Å². The van der Waals surface area contributed by atoms with Crippen LogP contribution in [0.5, 0.6) is 0 Å². The molecule has 0 aromatic rings. The summed E-state index contributed by atoms with van der Waals surface area (Å²) in [7, 11) is 0. The van der Waals surface area contributed by atoms with Gasteiger partial charge >= 0.3 is 11.9 Å². The summed E-state index contributed by atoms with van der Waals surface area (Å²) in [6, 6.07) is -0.370. The standard InChI is InChI=1S/C19H35NO5/c1-5-24-18(22)12-10-8-7-9-11-16(19(23)25-6-2)20-14-13-17(21)15(3)4/h15-16,20H,5-14H2,1-4H3. The van der Waals surface area contributed by atoms with Gasteiger partial charge in [0.05, 0.1) is 13.2 Å². The van der Waals surface area contributed by atoms with Gasteiger partial charge in [0.25, 0.3) is 0 Å². The fraction of sp³-hybridized carbons (Fsp3) is 0.842. The largest absolute Gasteiger partial charge is 0.466 e. The average molecular weight is 357 g/mol. The molecule has 0 aliphatic carbocycles. The van der Waals surface area contributed by atoms with Crippen LogP contribution in [0.1, 0.15) is 72.6 Å². The van der Waals surface area contributed by atoms with Crippen LogP contribution >= 0.6 is 0 Å². The van der Waals surface area contributed by atoms with Crippen molar-refractivity contribution in [1.82, 2.24) is 5.32 Å². The average Bonchev–Trinajstić information content (AvgIpc) is 2.56. The molecule has 0 heterocycles. The van der Waals surface area contributed by atoms with Crippen LogP contribution < -0.4 is 5.32 Å². The molecule has 1 N–H and O–H groups in total. The molecule has 146 valence electrons. The van der Waals surface area contributed by atoms with Crippen LogP contribution in [0.3, 0.4) is 0 Å². The van der Waals surface area contributed by atoms with Gasteiger partial charge in [-0.05, 0) is 26.7 Å². The van der Waals surface area contributed by atoms with Gasteiger partial charge in [-0.3, -0.25) is 14.4 Å². The Hall–Kier alpha value is -1.43. The van der Waals surface area contributed by atoms with E-state index in [2.05, 4.69) is 5.32 Å². The first-order valence-electron chi connectivity index (χ1n) is 9.50. The first-order chi connectivity index (χ1) is 11.9. The van der Waals surface area contributed by atoms with E-state index in [1.165, 1.54) is 0 Å². The Labute approximate surface area is 152 Å². The Kier molecular flexibility index (Phi) is 14.0. The minimum atomic E-state index is -0.370. The fourth-order valence-corrected chi connectivity index (χ4v) is 2.41. The normalized spacial score (nSPS) is 12.0. The van der Waals surface area contributed by atoms with E-state index in [0.29, 0.717) is 39.0 Å². The number of nitrogens with one attached hydrogen (secondary N) is 1. The lowest BCUT2D eigenvalue weighted by Gasteiger charge is -2.17. The van der Waals surface area contributed by atoms with E-state index < -0.39 is 0 Å². The van der Waals surface area contributed by atoms with Crippen molar-refractivity contribution >= 4 is 17.7 Å². The third-order valence-electron chi connectivity index (χ3n) is 3.91. The molecule has 6 nitrogen and oxygen atoms in total. The lowest BCUT2D eigenvalue weighted by Crippen LogP contribution is -2.39. The zero-order valence-electron chi connectivity index (χ0n) is 16.3. The van der Waals surface area contributed by atoms with Gasteiger partial charge in [0.1, 0.15) is 11.8 Å². The number of carbonyl (C=O) groups excluding carboxylic acids is 3. The van der Waals surface area contributed by atoms with E-state index in [1.807, 2.05) is 13.8 Å². The molecular weight excluding hydrogens is 322 g/mol. The van der Waals surface area contributed by atoms with Crippen LogP contribution in [0.25, 0.3) is 0 Å². The molecular formula is C19H35NO5. The van der Waals surface area contributed by atoms with Crippen LogP contribution in [0.15, 0.2) is 0 Å². The molecule has 0 fully saturated rings. The molecule has 25 heavy (non-hydrogen) atoms. The van der Waals surface area contributed by atoms with Crippen LogP contribution in [0.2, 0.25) is 0 Å². The predicted molar refractivity (Wildman–Crippen MR) is 97.2 cm³/mol. The number of esters is 2. The van der Waals surface area contributed by atoms with E-state index in [0.717, 1.165) is 25.7 Å². The second kappa shape index (κ2) is 14.9. The fourth-order valence-electron chi connectivity index (χ4n) is 2.41. The van der Waals surface area contributed by atoms with Crippen molar-refractivity contribution < 1.29 is 23.9 Å². The van der Waals surface area contributed by atoms with Crippen LogP contribution in [0.4, 0.5) is 0 Å². The Morgan fingerprint density at radius 3 is 2.12 bits per heavy atom. The van der Waals surface area contributed by atoms with Gasteiger partial charge in [-0.15, -0.1) is 0 Å². The van der Waals surface area contributed by atoms with Gasteiger partial charge < -0.3 is 14.8 Å². The summed E-state index contributed by atoms with van der Waals surface area (Å²) in [5, 5.41) is 3.15. The zero-order chi connectivity index (χ0) is 19.1. The maximum atomic E-state index is 12.0. The van der Waals surface area contributed by atoms with Gasteiger partial charge in [0.2, 0.25) is 0 Å². The van der Waals surface area contributed by atoms with Gasteiger partial charge in [0.15, 0.2) is 0 Å². The molecule has 1 atom stereocenters. The number of carbonyl (C=O) groups is 3. The summed E-state index contributed by atoms with van der Waals surface area (Å²) in [4.78, 5) is 34.9. The van der Waals surface area contributed by atoms with Crippen molar-refractivity contribution in [3.05, 3.63) is 0 Å². The SMILES string of the molecule is CCOC(=O)CCCCCCC(NCCC(=O)C(C)C)C(=O)OCC. The molecule has 0 rings (SSSR count). The number of hydrogen-bond acceptors (Lipinski definition) is 6. The molecule has 6 heteroatoms. The molecule has 0 spiro atoms. The van der Waals surface area contributed by atoms with Crippen molar-refractivity contribution in [2.24, 2.45) is 5.92 Å². The highest BCUT2D eigenvalue weighted by atomic mass is 16.5. The first-order valence-corrected chi connectivity index (χ1v) is 9.50. The molecule has 0 saturated carbocycles. The van der Waals surface area contributed by atoms with Crippen molar-refractivity contribution in [3.8, 4) is 0 Å². The summed E-state index contributed by atoms with van der Waals surface area (Å²) in [5.41, 5.74) is 0. The summed E-state index contributed by atoms with van der Waals surface area (Å²) in [6.07, 6.45) is 5.10. The summed E-state index contributed by atoms with van der Waals surface area (Å²) in [5.74, 6) is -0.203. The summed E-state index contributed by atoms with van der Waals surface area (Å²) < 4.78 is 9.99. The van der Waals surface area contributed by atoms with E-state index in [-0.39, 0.29) is 29.7 Å². The van der Waals surface area contributed by atoms with E-state index in [4.69, 9.17) is 9.47 Å². The molecule has 0 aliphatic heterocycles. The minimum absolute atomic E-state index is 0.0160. The lowest BCUT2D eigenvalue weighted by molar-refractivity contribution is -0.146. The second-order valence-electron chi connectivity index (χ2n) is 6.39. The number of hydrogen-bond donors (Lipinski definition) is 1. The number of Topliss-reactive ketones (excluding diaryl/α,β-unsaturated/α-hetero) is 1. The second-order valence-corrected chi connectivity index (χ2v) is 6.39. The van der Waals surface area contributed by atoms with Crippen molar-refractivity contribution in [3.63, 3.8) is 0 Å². The molecule has 0 radical (unpaired) electrons. The lowest BCUT2D eigenvalue weighted by atomic mass is 10.0. The van der Waals surface area contributed by atoms with Gasteiger partial charge in [-0.2, -0.15) is 0 Å². The molecule has 1 unspecified atom stereocenters. The third kappa shape index (κ3) is 12.6. The van der Waals surface area contributed by atoms with Crippen LogP contribution in [-0.2, 0) is 23.9 Å². The van der Waals surface area contributed by atoms with E-state index in [9.17, 15) is 14.4 Å². The molecule has 0 aliphatic rings. The summed E-state index contributed by atoms with van der Waals surface area (Å²) >= 11 is 0. The van der Waals surface area contributed by atoms with E-state index in [1.54, 1.807) is 13.8 Å². The first kappa shape index (κ1) is 23.6. The zero-order valence-corrected chi connectivity index (χ0v) is 16.3. The summed E-state index contributed by atoms with van der Waals surface area (Å²) in [6.45, 7) is 8.60. The van der Waals surface area contributed by atoms with Crippen molar-refractivity contribution in [1.29, 1.82) is 0 Å². The highest BCUT2D eigenvalue weighted by molar-refractivity contribution is 5.80. The quantitative estimate of drug-likeness (QED) is 0.358. The van der Waals surface area contributed by atoms with Crippen molar-refractivity contribution in [2.75, 3.05) is 19.8 Å². The maximum absolute atomic E-state index is 12.0. The Morgan fingerprint density at radius 2 is 1.52 bits per heavy atom. The Morgan fingerprint density at radius 1 is 0.880 bits per heavy atom. The number of ether oxygens (including phenoxy) is 2. The number of unbranched alkanes of at least 4 members (excludes halogenated alkanes) is 3. The monoisotopic (exact) mass is 357 g/mol. The van der Waals surface area contributed by atoms with Crippen molar-refractivity contribution in [2.45, 2.75) is 78.7 Å². The van der Waals surface area contributed by atoms with Crippen LogP contribution in [0, 0.1) is 5.92 Å². The molecule has 0 aromatic carbocycles. The predicted octanol–water partition coefficient (Wildman–Crippen LogP) is 3.03. The number of ketones is 1. The molecule has 0 amide bonds. The Bertz CT molecular complexity index is 395. The Balaban J connectivity index is 4.05. The maximum Gasteiger partial charge on any atom is 0.323 e. The molecule has 0 saturated heterocycles. The highest BCUT2D eigenvalue weighted by Crippen LogP contribution is 2.10. The third-order valence-corrected chi connectivity index (χ3v) is 3.91. The smallest absolute Gasteiger partial charge is 0.323 e. The minimum Gasteiger partial charge on any atom is -0.466 e. The molecule has 0 aromatic heterocycles. The molecule has 0 bridgehead atoms. The topological polar surface area (TPSA) is 81.7 Å². The highest BCUT2D eigenvalue weighted by Gasteiger charge is 2.19. The number of rotatable bonds is 15. The van der Waals surface area contributed by atoms with Gasteiger partial charge in [-0.1, -0.05) is 33.1 Å². The van der Waals surface area contributed by atoms with Crippen LogP contribution in [-0.4, -0.2) is 43.5 Å².